The molecule has 1 N–H and O–H groups in total. The minimum Gasteiger partial charge on any atom is -0.506 e. The quantitative estimate of drug-likeness (QED) is 0.864. The number of nitrogens with zero attached hydrogens (tertiary/aromatic N) is 4. The predicted octanol–water partition coefficient (Wildman–Crippen LogP) is 2.29. The van der Waals surface area contributed by atoms with Crippen LogP contribution in [-0.4, -0.2) is 72.7 Å². The summed E-state index contributed by atoms with van der Waals surface area (Å²) in [6, 6.07) is 15.0. The standard InChI is InChI=1S/C22H26N4O3/c1-17-6-8-18(9-7-17)26-15-14-25(22(26)29)16-21(28)24-12-10-23(11-13-24)19-4-2-3-5-20(19)27/h2-9,27H,10-16H2,1H3. The summed E-state index contributed by atoms with van der Waals surface area (Å²) in [7, 11) is 0. The molecule has 29 heavy (non-hydrogen) atoms. The van der Waals surface area contributed by atoms with Crippen molar-refractivity contribution in [2.75, 3.05) is 55.6 Å². The van der Waals surface area contributed by atoms with E-state index in [4.69, 9.17) is 0 Å². The number of urea groups is 1. The van der Waals surface area contributed by atoms with E-state index in [1.54, 1.807) is 26.8 Å². The average Bonchev–Trinajstić information content (AvgIpc) is 3.09. The maximum absolute atomic E-state index is 12.7. The maximum Gasteiger partial charge on any atom is 0.325 e. The highest BCUT2D eigenvalue weighted by Crippen LogP contribution is 2.27. The number of piperazine rings is 1. The van der Waals surface area contributed by atoms with E-state index in [0.29, 0.717) is 39.3 Å². The Labute approximate surface area is 170 Å². The van der Waals surface area contributed by atoms with Crippen LogP contribution in [0.25, 0.3) is 0 Å². The summed E-state index contributed by atoms with van der Waals surface area (Å²) in [6.45, 7) is 5.75. The van der Waals surface area contributed by atoms with Gasteiger partial charge in [-0.3, -0.25) is 9.69 Å². The molecule has 2 saturated heterocycles. The molecule has 152 valence electrons. The van der Waals surface area contributed by atoms with Crippen molar-refractivity contribution in [3.8, 4) is 5.75 Å². The van der Waals surface area contributed by atoms with Crippen LogP contribution in [0.3, 0.4) is 0 Å². The Balaban J connectivity index is 1.32. The van der Waals surface area contributed by atoms with Crippen LogP contribution in [0.4, 0.5) is 16.2 Å². The molecule has 0 unspecified atom stereocenters. The Morgan fingerprint density at radius 2 is 1.62 bits per heavy atom. The lowest BCUT2D eigenvalue weighted by Crippen LogP contribution is -2.51. The summed E-state index contributed by atoms with van der Waals surface area (Å²) in [4.78, 5) is 32.7. The van der Waals surface area contributed by atoms with Gasteiger partial charge in [0.25, 0.3) is 0 Å². The summed E-state index contributed by atoms with van der Waals surface area (Å²) >= 11 is 0. The molecule has 0 saturated carbocycles. The number of phenols is 1. The van der Waals surface area contributed by atoms with Crippen molar-refractivity contribution in [2.45, 2.75) is 6.92 Å². The zero-order valence-electron chi connectivity index (χ0n) is 16.6. The number of aryl methyl sites for hydroxylation is 1. The number of anilines is 2. The van der Waals surface area contributed by atoms with E-state index in [2.05, 4.69) is 4.90 Å². The van der Waals surface area contributed by atoms with E-state index in [1.165, 1.54) is 0 Å². The number of phenolic OH excluding ortho intramolecular Hbond substituents is 1. The number of hydrogen-bond donors (Lipinski definition) is 1. The normalized spacial score (nSPS) is 17.2. The molecule has 2 aromatic rings. The number of amides is 3. The molecule has 7 heteroatoms. The fraction of sp³-hybridized carbons (Fsp3) is 0.364. The highest BCUT2D eigenvalue weighted by atomic mass is 16.3. The van der Waals surface area contributed by atoms with Crippen LogP contribution in [-0.2, 0) is 4.79 Å². The second kappa shape index (κ2) is 8.03. The fourth-order valence-corrected chi connectivity index (χ4v) is 3.89. The summed E-state index contributed by atoms with van der Waals surface area (Å²) in [5.74, 6) is 0.229. The minimum absolute atomic E-state index is 0.0268. The lowest BCUT2D eigenvalue weighted by molar-refractivity contribution is -0.131. The van der Waals surface area contributed by atoms with Crippen LogP contribution in [0.15, 0.2) is 48.5 Å². The highest BCUT2D eigenvalue weighted by molar-refractivity contribution is 5.96. The number of para-hydroxylation sites is 2. The topological polar surface area (TPSA) is 67.3 Å². The largest absolute Gasteiger partial charge is 0.506 e. The van der Waals surface area contributed by atoms with Crippen molar-refractivity contribution in [3.63, 3.8) is 0 Å². The number of carbonyl (C=O) groups is 2. The van der Waals surface area contributed by atoms with E-state index < -0.39 is 0 Å². The number of rotatable bonds is 4. The Kier molecular flexibility index (Phi) is 5.29. The fourth-order valence-electron chi connectivity index (χ4n) is 3.89. The van der Waals surface area contributed by atoms with E-state index in [-0.39, 0.29) is 24.2 Å². The van der Waals surface area contributed by atoms with Crippen LogP contribution >= 0.6 is 0 Å². The molecule has 0 bridgehead atoms. The molecule has 2 aliphatic heterocycles. The molecule has 3 amide bonds. The van der Waals surface area contributed by atoms with E-state index in [9.17, 15) is 14.7 Å². The first-order chi connectivity index (χ1) is 14.0. The summed E-state index contributed by atoms with van der Waals surface area (Å²) in [6.07, 6.45) is 0. The zero-order chi connectivity index (χ0) is 20.4. The third kappa shape index (κ3) is 3.99. The van der Waals surface area contributed by atoms with Gasteiger partial charge >= 0.3 is 6.03 Å². The number of carbonyl (C=O) groups excluding carboxylic acids is 2. The van der Waals surface area contributed by atoms with Crippen LogP contribution < -0.4 is 9.80 Å². The van der Waals surface area contributed by atoms with Gasteiger partial charge in [-0.1, -0.05) is 29.8 Å². The van der Waals surface area contributed by atoms with Gasteiger partial charge in [0.2, 0.25) is 5.91 Å². The van der Waals surface area contributed by atoms with Crippen LogP contribution in [0, 0.1) is 6.92 Å². The molecule has 4 rings (SSSR count). The van der Waals surface area contributed by atoms with Crippen molar-refractivity contribution >= 4 is 23.3 Å². The molecule has 2 aromatic carbocycles. The first kappa shape index (κ1) is 19.1. The zero-order valence-corrected chi connectivity index (χ0v) is 16.6. The van der Waals surface area contributed by atoms with Crippen molar-refractivity contribution < 1.29 is 14.7 Å². The molecule has 2 heterocycles. The molecule has 2 fully saturated rings. The summed E-state index contributed by atoms with van der Waals surface area (Å²) < 4.78 is 0. The van der Waals surface area contributed by atoms with E-state index in [0.717, 1.165) is 16.9 Å². The molecule has 2 aliphatic rings. The van der Waals surface area contributed by atoms with Crippen LogP contribution in [0.2, 0.25) is 0 Å². The SMILES string of the molecule is Cc1ccc(N2CCN(CC(=O)N3CCN(c4ccccc4O)CC3)C2=O)cc1. The Morgan fingerprint density at radius 1 is 0.931 bits per heavy atom. The molecule has 0 aliphatic carbocycles. The van der Waals surface area contributed by atoms with Crippen LogP contribution in [0.1, 0.15) is 5.56 Å². The van der Waals surface area contributed by atoms with Crippen molar-refractivity contribution in [3.05, 3.63) is 54.1 Å². The second-order valence-corrected chi connectivity index (χ2v) is 7.55. The Morgan fingerprint density at radius 3 is 2.31 bits per heavy atom. The number of hydrogen-bond acceptors (Lipinski definition) is 4. The average molecular weight is 394 g/mol. The predicted molar refractivity (Wildman–Crippen MR) is 112 cm³/mol. The first-order valence-electron chi connectivity index (χ1n) is 9.97. The molecule has 7 nitrogen and oxygen atoms in total. The smallest absolute Gasteiger partial charge is 0.325 e. The van der Waals surface area contributed by atoms with Crippen LogP contribution in [0.5, 0.6) is 5.75 Å². The third-order valence-electron chi connectivity index (χ3n) is 5.62. The molecule has 0 radical (unpaired) electrons. The lowest BCUT2D eigenvalue weighted by atomic mass is 10.2. The van der Waals surface area contributed by atoms with Gasteiger partial charge in [0, 0.05) is 45.0 Å². The monoisotopic (exact) mass is 394 g/mol. The van der Waals surface area contributed by atoms with Gasteiger partial charge in [-0.05, 0) is 31.2 Å². The van der Waals surface area contributed by atoms with Gasteiger partial charge in [0.15, 0.2) is 0 Å². The first-order valence-corrected chi connectivity index (χ1v) is 9.97. The van der Waals surface area contributed by atoms with Crippen molar-refractivity contribution in [1.82, 2.24) is 9.80 Å². The van der Waals surface area contributed by atoms with Crippen molar-refractivity contribution in [1.29, 1.82) is 0 Å². The highest BCUT2D eigenvalue weighted by Gasteiger charge is 2.32. The molecular weight excluding hydrogens is 368 g/mol. The molecular formula is C22H26N4O3. The molecule has 0 aromatic heterocycles. The number of benzene rings is 2. The van der Waals surface area contributed by atoms with Gasteiger partial charge in [-0.25, -0.2) is 4.79 Å². The van der Waals surface area contributed by atoms with Gasteiger partial charge < -0.3 is 19.8 Å². The summed E-state index contributed by atoms with van der Waals surface area (Å²) in [5.41, 5.74) is 2.81. The van der Waals surface area contributed by atoms with Gasteiger partial charge in [0.1, 0.15) is 12.3 Å². The van der Waals surface area contributed by atoms with E-state index >= 15 is 0 Å². The molecule has 0 spiro atoms. The summed E-state index contributed by atoms with van der Waals surface area (Å²) in [5, 5.41) is 10.0. The second-order valence-electron chi connectivity index (χ2n) is 7.55. The van der Waals surface area contributed by atoms with E-state index in [1.807, 2.05) is 43.3 Å². The van der Waals surface area contributed by atoms with Gasteiger partial charge in [-0.2, -0.15) is 0 Å². The Hall–Kier alpha value is -3.22. The molecule has 0 atom stereocenters. The van der Waals surface area contributed by atoms with Gasteiger partial charge in [0.05, 0.1) is 5.69 Å². The third-order valence-corrected chi connectivity index (χ3v) is 5.62. The Bertz CT molecular complexity index is 891. The maximum atomic E-state index is 12.7. The number of aromatic hydroxyl groups is 1. The minimum atomic E-state index is -0.116. The lowest BCUT2D eigenvalue weighted by Gasteiger charge is -2.36. The van der Waals surface area contributed by atoms with Gasteiger partial charge in [-0.15, -0.1) is 0 Å². The van der Waals surface area contributed by atoms with Crippen molar-refractivity contribution in [2.24, 2.45) is 0 Å².